The second-order valence-electron chi connectivity index (χ2n) is 6.10. The third-order valence-corrected chi connectivity index (χ3v) is 6.41. The van der Waals surface area contributed by atoms with E-state index in [4.69, 9.17) is 5.21 Å². The topological polar surface area (TPSA) is 71.3 Å². The lowest BCUT2D eigenvalue weighted by molar-refractivity contribution is 0.161. The van der Waals surface area contributed by atoms with E-state index in [1.165, 1.54) is 0 Å². The van der Waals surface area contributed by atoms with Crippen molar-refractivity contribution < 1.29 is 13.6 Å². The number of rotatable bonds is 4. The molecule has 0 bridgehead atoms. The number of nitrogens with zero attached hydrogens (tertiary/aromatic N) is 1. The molecular weight excluding hydrogens is 324 g/mol. The van der Waals surface area contributed by atoms with E-state index in [-0.39, 0.29) is 5.75 Å². The normalized spacial score (nSPS) is 15.7. The molecule has 124 valence electrons. The molecule has 0 amide bonds. The van der Waals surface area contributed by atoms with Crippen LogP contribution < -0.4 is 5.48 Å². The Kier molecular flexibility index (Phi) is 3.68. The van der Waals surface area contributed by atoms with E-state index in [9.17, 15) is 8.42 Å². The third-order valence-electron chi connectivity index (χ3n) is 4.59. The van der Waals surface area contributed by atoms with E-state index >= 15 is 0 Å². The van der Waals surface area contributed by atoms with E-state index in [1.54, 1.807) is 0 Å². The van der Waals surface area contributed by atoms with Crippen LogP contribution in [0.4, 0.5) is 0 Å². The van der Waals surface area contributed by atoms with Crippen LogP contribution in [0.25, 0.3) is 10.9 Å². The molecule has 0 aliphatic carbocycles. The van der Waals surface area contributed by atoms with Crippen molar-refractivity contribution in [3.63, 3.8) is 0 Å². The molecule has 5 nitrogen and oxygen atoms in total. The Morgan fingerprint density at radius 1 is 1.04 bits per heavy atom. The molecule has 0 saturated carbocycles. The van der Waals surface area contributed by atoms with Gasteiger partial charge in [0.15, 0.2) is 9.84 Å². The molecule has 2 N–H and O–H groups in total. The van der Waals surface area contributed by atoms with E-state index in [0.29, 0.717) is 24.4 Å². The molecule has 1 aliphatic heterocycles. The first-order valence-corrected chi connectivity index (χ1v) is 9.53. The van der Waals surface area contributed by atoms with E-state index in [0.717, 1.165) is 27.7 Å². The number of benzene rings is 2. The van der Waals surface area contributed by atoms with Gasteiger partial charge in [0.25, 0.3) is 0 Å². The van der Waals surface area contributed by atoms with Gasteiger partial charge in [-0.25, -0.2) is 13.9 Å². The lowest BCUT2D eigenvalue weighted by atomic mass is 10.1. The summed E-state index contributed by atoms with van der Waals surface area (Å²) < 4.78 is 26.9. The minimum absolute atomic E-state index is 0.198. The number of hydrogen-bond acceptors (Lipinski definition) is 4. The Morgan fingerprint density at radius 2 is 1.75 bits per heavy atom. The van der Waals surface area contributed by atoms with Gasteiger partial charge in [0, 0.05) is 36.1 Å². The van der Waals surface area contributed by atoms with Gasteiger partial charge < -0.3 is 9.77 Å². The molecule has 0 radical (unpaired) electrons. The average molecular weight is 342 g/mol. The molecule has 6 heteroatoms. The zero-order valence-electron chi connectivity index (χ0n) is 13.1. The van der Waals surface area contributed by atoms with Crippen molar-refractivity contribution >= 4 is 20.7 Å². The Bertz CT molecular complexity index is 1000. The van der Waals surface area contributed by atoms with Gasteiger partial charge >= 0.3 is 0 Å². The Morgan fingerprint density at radius 3 is 2.50 bits per heavy atom. The molecule has 0 atom stereocenters. The predicted molar refractivity (Wildman–Crippen MR) is 91.9 cm³/mol. The Hall–Kier alpha value is -2.15. The third kappa shape index (κ3) is 2.43. The maximum Gasteiger partial charge on any atom is 0.181 e. The lowest BCUT2D eigenvalue weighted by Crippen LogP contribution is -2.07. The van der Waals surface area contributed by atoms with Gasteiger partial charge in [0.05, 0.1) is 10.6 Å². The van der Waals surface area contributed by atoms with Gasteiger partial charge in [-0.05, 0) is 17.2 Å². The van der Waals surface area contributed by atoms with E-state index < -0.39 is 9.84 Å². The molecule has 4 rings (SSSR count). The number of hydrogen-bond donors (Lipinski definition) is 2. The molecule has 0 fully saturated rings. The average Bonchev–Trinajstić information content (AvgIpc) is 3.06. The molecule has 24 heavy (non-hydrogen) atoms. The zero-order chi connectivity index (χ0) is 16.7. The summed E-state index contributed by atoms with van der Waals surface area (Å²) in [5.74, 6) is 0.198. The van der Waals surface area contributed by atoms with Gasteiger partial charge in [-0.2, -0.15) is 0 Å². The first kappa shape index (κ1) is 15.4. The molecule has 0 saturated heterocycles. The number of aromatic nitrogens is 1. The molecule has 0 unspecified atom stereocenters. The molecule has 0 spiro atoms. The molecule has 1 aromatic heterocycles. The highest BCUT2D eigenvalue weighted by Gasteiger charge is 2.32. The number of para-hydroxylation sites is 1. The van der Waals surface area contributed by atoms with Crippen LogP contribution in [0.2, 0.25) is 0 Å². The fraction of sp³-hybridized carbons (Fsp3) is 0.222. The van der Waals surface area contributed by atoms with Gasteiger partial charge in [0.2, 0.25) is 0 Å². The smallest absolute Gasteiger partial charge is 0.181 e. The minimum atomic E-state index is -3.17. The number of sulfone groups is 1. The SMILES string of the molecule is O=S1(=O)CCc2c1c1ccccc1n2Cc1ccc(CNO)cc1. The summed E-state index contributed by atoms with van der Waals surface area (Å²) in [7, 11) is -3.17. The van der Waals surface area contributed by atoms with Gasteiger partial charge in [-0.1, -0.05) is 42.5 Å². The lowest BCUT2D eigenvalue weighted by Gasteiger charge is -2.10. The van der Waals surface area contributed by atoms with Crippen molar-refractivity contribution in [3.8, 4) is 0 Å². The largest absolute Gasteiger partial charge is 0.339 e. The molecule has 2 aromatic carbocycles. The highest BCUT2D eigenvalue weighted by Crippen LogP contribution is 2.36. The maximum absolute atomic E-state index is 12.4. The van der Waals surface area contributed by atoms with E-state index in [1.807, 2.05) is 48.5 Å². The highest BCUT2D eigenvalue weighted by molar-refractivity contribution is 7.92. The fourth-order valence-electron chi connectivity index (χ4n) is 3.47. The summed E-state index contributed by atoms with van der Waals surface area (Å²) in [6.45, 7) is 1.04. The summed E-state index contributed by atoms with van der Waals surface area (Å²) in [6.07, 6.45) is 0.568. The van der Waals surface area contributed by atoms with E-state index in [2.05, 4.69) is 10.0 Å². The molecular formula is C18H18N2O3S. The van der Waals surface area contributed by atoms with Crippen molar-refractivity contribution in [2.45, 2.75) is 24.4 Å². The van der Waals surface area contributed by atoms with Crippen molar-refractivity contribution in [2.75, 3.05) is 5.75 Å². The minimum Gasteiger partial charge on any atom is -0.339 e. The van der Waals surface area contributed by atoms with Crippen LogP contribution in [0.1, 0.15) is 16.8 Å². The first-order chi connectivity index (χ1) is 11.6. The summed E-state index contributed by atoms with van der Waals surface area (Å²) >= 11 is 0. The van der Waals surface area contributed by atoms with Crippen LogP contribution in [0.5, 0.6) is 0 Å². The van der Waals surface area contributed by atoms with Crippen molar-refractivity contribution in [1.29, 1.82) is 0 Å². The zero-order valence-corrected chi connectivity index (χ0v) is 13.9. The summed E-state index contributed by atoms with van der Waals surface area (Å²) in [4.78, 5) is 0.513. The summed E-state index contributed by atoms with van der Waals surface area (Å²) in [5.41, 5.74) is 6.12. The van der Waals surface area contributed by atoms with Crippen molar-refractivity contribution in [3.05, 3.63) is 65.4 Å². The second-order valence-corrected chi connectivity index (χ2v) is 8.15. The number of fused-ring (bicyclic) bond motifs is 3. The van der Waals surface area contributed by atoms with Crippen molar-refractivity contribution in [2.24, 2.45) is 0 Å². The molecule has 3 aromatic rings. The number of nitrogens with one attached hydrogen (secondary N) is 1. The number of hydroxylamine groups is 1. The predicted octanol–water partition coefficient (Wildman–Crippen LogP) is 2.50. The fourth-order valence-corrected chi connectivity index (χ4v) is 5.22. The molecule has 2 heterocycles. The van der Waals surface area contributed by atoms with Crippen molar-refractivity contribution in [1.82, 2.24) is 10.0 Å². The first-order valence-electron chi connectivity index (χ1n) is 7.88. The quantitative estimate of drug-likeness (QED) is 0.715. The Labute approximate surface area is 140 Å². The standard InChI is InChI=1S/C18H18N2O3S/c21-19-11-13-5-7-14(8-6-13)12-20-16-4-2-1-3-15(16)18-17(20)9-10-24(18,22)23/h1-8,19,21H,9-12H2. The van der Waals surface area contributed by atoms with Crippen LogP contribution in [-0.2, 0) is 29.3 Å². The van der Waals surface area contributed by atoms with Gasteiger partial charge in [0.1, 0.15) is 0 Å². The maximum atomic E-state index is 12.4. The van der Waals surface area contributed by atoms with Gasteiger partial charge in [-0.15, -0.1) is 0 Å². The van der Waals surface area contributed by atoms with Gasteiger partial charge in [-0.3, -0.25) is 0 Å². The second kappa shape index (κ2) is 5.73. The van der Waals surface area contributed by atoms with Crippen LogP contribution in [-0.4, -0.2) is 23.9 Å². The highest BCUT2D eigenvalue weighted by atomic mass is 32.2. The monoisotopic (exact) mass is 342 g/mol. The summed E-state index contributed by atoms with van der Waals surface area (Å²) in [5, 5.41) is 9.58. The Balaban J connectivity index is 1.80. The van der Waals surface area contributed by atoms with Crippen LogP contribution in [0, 0.1) is 0 Å². The van der Waals surface area contributed by atoms with Crippen LogP contribution in [0.15, 0.2) is 53.4 Å². The summed E-state index contributed by atoms with van der Waals surface area (Å²) in [6, 6.07) is 15.6. The van der Waals surface area contributed by atoms with Crippen LogP contribution in [0.3, 0.4) is 0 Å². The molecule has 1 aliphatic rings. The van der Waals surface area contributed by atoms with Crippen LogP contribution >= 0.6 is 0 Å².